The zero-order valence-electron chi connectivity index (χ0n) is 5.70. The van der Waals surface area contributed by atoms with Crippen molar-refractivity contribution in [2.24, 2.45) is 4.99 Å². The summed E-state index contributed by atoms with van der Waals surface area (Å²) in [5.74, 6) is -0.234. The summed E-state index contributed by atoms with van der Waals surface area (Å²) in [7, 11) is 0. The van der Waals surface area contributed by atoms with Gasteiger partial charge in [0.15, 0.2) is 6.73 Å². The van der Waals surface area contributed by atoms with Crippen molar-refractivity contribution in [1.82, 2.24) is 5.32 Å². The third-order valence-corrected chi connectivity index (χ3v) is 1.08. The number of nitrogens with one attached hydrogen (secondary N) is 2. The van der Waals surface area contributed by atoms with Crippen LogP contribution in [0.15, 0.2) is 16.8 Å². The fourth-order valence-corrected chi connectivity index (χ4v) is 0.601. The van der Waals surface area contributed by atoms with E-state index in [2.05, 4.69) is 10.3 Å². The Bertz CT molecular complexity index is 232. The van der Waals surface area contributed by atoms with Gasteiger partial charge in [-0.1, -0.05) is 0 Å². The molecule has 1 rings (SSSR count). The molecule has 11 heavy (non-hydrogen) atoms. The molecule has 0 aliphatic carbocycles. The van der Waals surface area contributed by atoms with Crippen molar-refractivity contribution in [3.05, 3.63) is 11.8 Å². The first kappa shape index (κ1) is 7.46. The lowest BCUT2D eigenvalue weighted by molar-refractivity contribution is -0.119. The van der Waals surface area contributed by atoms with Crippen molar-refractivity contribution < 1.29 is 9.53 Å². The molecular formula is C6H7N3O2. The molecule has 0 bridgehead atoms. The van der Waals surface area contributed by atoms with Gasteiger partial charge in [0.05, 0.1) is 11.8 Å². The Kier molecular flexibility index (Phi) is 2.37. The number of carbonyl (C=O) groups excluding carboxylic acids is 1. The zero-order chi connectivity index (χ0) is 8.10. The zero-order valence-corrected chi connectivity index (χ0v) is 5.70. The van der Waals surface area contributed by atoms with Crippen LogP contribution in [0.1, 0.15) is 0 Å². The van der Waals surface area contributed by atoms with Crippen molar-refractivity contribution in [3.8, 4) is 0 Å². The minimum absolute atomic E-state index is 0.195. The molecule has 0 radical (unpaired) electrons. The lowest BCUT2D eigenvalue weighted by Gasteiger charge is -2.10. The highest BCUT2D eigenvalue weighted by molar-refractivity contribution is 6.13. The van der Waals surface area contributed by atoms with Gasteiger partial charge in [-0.05, 0) is 0 Å². The second-order valence-corrected chi connectivity index (χ2v) is 1.80. The largest absolute Gasteiger partial charge is 0.480 e. The maximum Gasteiger partial charge on any atom is 0.258 e. The van der Waals surface area contributed by atoms with Crippen LogP contribution < -0.4 is 5.32 Å². The summed E-state index contributed by atoms with van der Waals surface area (Å²) in [6, 6.07) is 0. The minimum atomic E-state index is -0.234. The molecule has 1 amide bonds. The number of rotatable bonds is 2. The summed E-state index contributed by atoms with van der Waals surface area (Å²) in [5.41, 5.74) is 0.319. The van der Waals surface area contributed by atoms with Crippen LogP contribution in [0, 0.1) is 5.41 Å². The van der Waals surface area contributed by atoms with Crippen LogP contribution >= 0.6 is 0 Å². The predicted octanol–water partition coefficient (Wildman–Crippen LogP) is -0.348. The molecule has 0 aromatic carbocycles. The maximum absolute atomic E-state index is 10.9. The van der Waals surface area contributed by atoms with Crippen molar-refractivity contribution in [2.75, 3.05) is 6.73 Å². The van der Waals surface area contributed by atoms with Crippen LogP contribution in [0.25, 0.3) is 0 Å². The Morgan fingerprint density at radius 3 is 3.27 bits per heavy atom. The lowest BCUT2D eigenvalue weighted by atomic mass is 10.3. The summed E-state index contributed by atoms with van der Waals surface area (Å²) < 4.78 is 4.79. The predicted molar refractivity (Wildman–Crippen MR) is 39.5 cm³/mol. The van der Waals surface area contributed by atoms with Crippen LogP contribution in [0.5, 0.6) is 0 Å². The average Bonchev–Trinajstić information content (AvgIpc) is 2.03. The normalized spacial score (nSPS) is 17.1. The highest BCUT2D eigenvalue weighted by Gasteiger charge is 2.10. The van der Waals surface area contributed by atoms with Crippen molar-refractivity contribution in [1.29, 1.82) is 5.41 Å². The van der Waals surface area contributed by atoms with Gasteiger partial charge in [0, 0.05) is 6.21 Å². The molecule has 0 unspecified atom stereocenters. The van der Waals surface area contributed by atoms with E-state index < -0.39 is 0 Å². The summed E-state index contributed by atoms with van der Waals surface area (Å²) in [5, 5.41) is 9.01. The van der Waals surface area contributed by atoms with Gasteiger partial charge in [-0.2, -0.15) is 0 Å². The Morgan fingerprint density at radius 2 is 2.64 bits per heavy atom. The van der Waals surface area contributed by atoms with Gasteiger partial charge in [0.25, 0.3) is 5.91 Å². The summed E-state index contributed by atoms with van der Waals surface area (Å²) in [4.78, 5) is 14.3. The first-order valence-electron chi connectivity index (χ1n) is 2.96. The summed E-state index contributed by atoms with van der Waals surface area (Å²) in [6.45, 7) is 0.195. The molecule has 1 aliphatic heterocycles. The van der Waals surface area contributed by atoms with Crippen molar-refractivity contribution in [2.45, 2.75) is 0 Å². The van der Waals surface area contributed by atoms with Crippen LogP contribution in [0.2, 0.25) is 0 Å². The fourth-order valence-electron chi connectivity index (χ4n) is 0.601. The van der Waals surface area contributed by atoms with Crippen molar-refractivity contribution in [3.63, 3.8) is 0 Å². The Balaban J connectivity index is 2.68. The van der Waals surface area contributed by atoms with Gasteiger partial charge >= 0.3 is 0 Å². The molecule has 0 spiro atoms. The van der Waals surface area contributed by atoms with E-state index in [4.69, 9.17) is 10.1 Å². The molecule has 58 valence electrons. The van der Waals surface area contributed by atoms with E-state index in [1.165, 1.54) is 12.5 Å². The van der Waals surface area contributed by atoms with Gasteiger partial charge in [-0.25, -0.2) is 4.99 Å². The first-order valence-corrected chi connectivity index (χ1v) is 2.96. The number of amides is 1. The molecule has 0 saturated carbocycles. The Labute approximate surface area is 63.3 Å². The van der Waals surface area contributed by atoms with Crippen LogP contribution in [-0.4, -0.2) is 25.2 Å². The average molecular weight is 153 g/mol. The van der Waals surface area contributed by atoms with Crippen LogP contribution in [0.4, 0.5) is 0 Å². The number of hydrogen-bond donors (Lipinski definition) is 2. The standard InChI is InChI=1S/C6H7N3O2/c7-3-8-1-5-2-11-4-9-6(5)10/h1-3,7H,4H2,(H,9,10)/b7-3?,8-1-. The molecule has 1 aliphatic rings. The molecular weight excluding hydrogens is 146 g/mol. The third-order valence-electron chi connectivity index (χ3n) is 1.08. The van der Waals surface area contributed by atoms with Gasteiger partial charge < -0.3 is 10.1 Å². The quantitative estimate of drug-likeness (QED) is 0.420. The first-order chi connectivity index (χ1) is 5.34. The van der Waals surface area contributed by atoms with E-state index in [9.17, 15) is 4.79 Å². The number of aliphatic imine (C=N–C) groups is 1. The smallest absolute Gasteiger partial charge is 0.258 e. The Morgan fingerprint density at radius 1 is 1.82 bits per heavy atom. The fraction of sp³-hybridized carbons (Fsp3) is 0.167. The lowest BCUT2D eigenvalue weighted by Crippen LogP contribution is -2.31. The summed E-state index contributed by atoms with van der Waals surface area (Å²) >= 11 is 0. The van der Waals surface area contributed by atoms with E-state index in [-0.39, 0.29) is 12.6 Å². The molecule has 5 nitrogen and oxygen atoms in total. The molecule has 5 heteroatoms. The molecule has 0 atom stereocenters. The molecule has 0 fully saturated rings. The number of ether oxygens (including phenoxy) is 1. The van der Waals surface area contributed by atoms with Crippen molar-refractivity contribution >= 4 is 18.5 Å². The van der Waals surface area contributed by atoms with E-state index in [0.29, 0.717) is 5.57 Å². The topological polar surface area (TPSA) is 74.5 Å². The van der Waals surface area contributed by atoms with E-state index in [1.54, 1.807) is 0 Å². The van der Waals surface area contributed by atoms with E-state index >= 15 is 0 Å². The van der Waals surface area contributed by atoms with Gasteiger partial charge in [0.1, 0.15) is 6.34 Å². The number of hydrogen-bond acceptors (Lipinski definition) is 3. The number of carbonyl (C=O) groups is 1. The summed E-state index contributed by atoms with van der Waals surface area (Å²) in [6.07, 6.45) is 3.43. The second-order valence-electron chi connectivity index (χ2n) is 1.80. The Hall–Kier alpha value is -1.65. The molecule has 0 saturated heterocycles. The molecule has 2 N–H and O–H groups in total. The van der Waals surface area contributed by atoms with Gasteiger partial charge in [-0.15, -0.1) is 0 Å². The second kappa shape index (κ2) is 3.50. The van der Waals surface area contributed by atoms with Crippen LogP contribution in [-0.2, 0) is 9.53 Å². The maximum atomic E-state index is 10.9. The number of nitrogens with zero attached hydrogens (tertiary/aromatic N) is 1. The van der Waals surface area contributed by atoms with E-state index in [0.717, 1.165) is 6.34 Å². The SMILES string of the molecule is N=C/N=C\C1=COCNC1=O. The van der Waals surface area contributed by atoms with Crippen LogP contribution in [0.3, 0.4) is 0 Å². The highest BCUT2D eigenvalue weighted by Crippen LogP contribution is 1.96. The molecule has 1 heterocycles. The van der Waals surface area contributed by atoms with Gasteiger partial charge in [-0.3, -0.25) is 10.2 Å². The third kappa shape index (κ3) is 1.89. The minimum Gasteiger partial charge on any atom is -0.480 e. The van der Waals surface area contributed by atoms with Gasteiger partial charge in [0.2, 0.25) is 0 Å². The monoisotopic (exact) mass is 153 g/mol. The molecule has 0 aromatic rings. The molecule has 0 aromatic heterocycles. The highest BCUT2D eigenvalue weighted by atomic mass is 16.5. The van der Waals surface area contributed by atoms with E-state index in [1.807, 2.05) is 0 Å².